The third-order valence-electron chi connectivity index (χ3n) is 9.30. The molecule has 8 aromatic carbocycles. The molecule has 214 valence electrons. The lowest BCUT2D eigenvalue weighted by Crippen LogP contribution is -1.91. The van der Waals surface area contributed by atoms with Gasteiger partial charge < -0.3 is 0 Å². The third-order valence-corrected chi connectivity index (χ3v) is 9.30. The van der Waals surface area contributed by atoms with E-state index in [1.54, 1.807) is 0 Å². The van der Waals surface area contributed by atoms with Crippen molar-refractivity contribution in [3.8, 4) is 44.5 Å². The fraction of sp³-hybridized carbons (Fsp3) is 0.0667. The summed E-state index contributed by atoms with van der Waals surface area (Å²) >= 11 is 0. The van der Waals surface area contributed by atoms with Crippen LogP contribution in [0, 0.1) is 0 Å². The van der Waals surface area contributed by atoms with E-state index in [0.29, 0.717) is 0 Å². The molecule has 0 aliphatic heterocycles. The lowest BCUT2D eigenvalue weighted by molar-refractivity contribution is 1.26. The van der Waals surface area contributed by atoms with Crippen molar-refractivity contribution in [2.75, 3.05) is 0 Å². The lowest BCUT2D eigenvalue weighted by Gasteiger charge is -2.18. The van der Waals surface area contributed by atoms with Gasteiger partial charge in [-0.05, 0) is 100 Å². The number of hydrogen-bond acceptors (Lipinski definition) is 0. The quantitative estimate of drug-likeness (QED) is 0.184. The first-order valence-corrected chi connectivity index (χ1v) is 16.1. The molecule has 0 fully saturated rings. The van der Waals surface area contributed by atoms with E-state index >= 15 is 0 Å². The largest absolute Gasteiger partial charge is 0.0683 e. The van der Waals surface area contributed by atoms with Crippen LogP contribution in [-0.4, -0.2) is 0 Å². The molecule has 45 heavy (non-hydrogen) atoms. The van der Waals surface area contributed by atoms with Crippen molar-refractivity contribution >= 4 is 32.3 Å². The van der Waals surface area contributed by atoms with Crippen LogP contribution in [0.2, 0.25) is 0 Å². The number of benzene rings is 8. The molecule has 9 rings (SSSR count). The maximum atomic E-state index is 2.34. The second kappa shape index (κ2) is 11.2. The van der Waals surface area contributed by atoms with Crippen molar-refractivity contribution < 1.29 is 0 Å². The maximum Gasteiger partial charge on any atom is -0.000729 e. The highest BCUT2D eigenvalue weighted by Crippen LogP contribution is 2.45. The van der Waals surface area contributed by atoms with Gasteiger partial charge in [0.2, 0.25) is 0 Å². The van der Waals surface area contributed by atoms with Crippen molar-refractivity contribution in [1.82, 2.24) is 0 Å². The summed E-state index contributed by atoms with van der Waals surface area (Å²) in [6.45, 7) is 4.00. The van der Waals surface area contributed by atoms with Gasteiger partial charge in [0, 0.05) is 0 Å². The van der Waals surface area contributed by atoms with E-state index in [2.05, 4.69) is 158 Å². The van der Waals surface area contributed by atoms with Crippen molar-refractivity contribution in [3.05, 3.63) is 169 Å². The van der Waals surface area contributed by atoms with Crippen molar-refractivity contribution in [2.24, 2.45) is 0 Å². The molecule has 0 aromatic heterocycles. The van der Waals surface area contributed by atoms with Crippen molar-refractivity contribution in [2.45, 2.75) is 20.3 Å². The molecule has 1 aliphatic carbocycles. The summed E-state index contributed by atoms with van der Waals surface area (Å²) in [5.41, 5.74) is 13.3. The van der Waals surface area contributed by atoms with Gasteiger partial charge in [0.1, 0.15) is 0 Å². The van der Waals surface area contributed by atoms with Crippen LogP contribution in [0.5, 0.6) is 0 Å². The van der Waals surface area contributed by atoms with E-state index in [4.69, 9.17) is 0 Å². The Morgan fingerprint density at radius 2 is 0.844 bits per heavy atom. The highest BCUT2D eigenvalue weighted by atomic mass is 14.2. The topological polar surface area (TPSA) is 0 Å². The summed E-state index contributed by atoms with van der Waals surface area (Å²) in [5, 5.41) is 7.68. The van der Waals surface area contributed by atoms with Gasteiger partial charge in [0.25, 0.3) is 0 Å². The van der Waals surface area contributed by atoms with E-state index in [9.17, 15) is 0 Å². The molecule has 0 saturated carbocycles. The van der Waals surface area contributed by atoms with E-state index in [-0.39, 0.29) is 0 Å². The fourth-order valence-corrected chi connectivity index (χ4v) is 7.34. The first-order valence-electron chi connectivity index (χ1n) is 16.1. The van der Waals surface area contributed by atoms with Gasteiger partial charge in [0.15, 0.2) is 0 Å². The molecule has 0 bridgehead atoms. The summed E-state index contributed by atoms with van der Waals surface area (Å²) in [6, 6.07) is 58.2. The zero-order valence-corrected chi connectivity index (χ0v) is 25.7. The average molecular weight is 575 g/mol. The zero-order chi connectivity index (χ0) is 30.3. The predicted molar refractivity (Wildman–Crippen MR) is 195 cm³/mol. The molecule has 0 N–H and O–H groups in total. The Balaban J connectivity index is 0.00000147. The molecule has 0 unspecified atom stereocenters. The molecule has 0 radical (unpaired) electrons. The van der Waals surface area contributed by atoms with E-state index in [0.717, 1.165) is 6.42 Å². The Bertz CT molecular complexity index is 2300. The van der Waals surface area contributed by atoms with Gasteiger partial charge in [-0.15, -0.1) is 0 Å². The van der Waals surface area contributed by atoms with Gasteiger partial charge in [-0.3, -0.25) is 0 Å². The molecular formula is C45H34. The predicted octanol–water partition coefficient (Wildman–Crippen LogP) is 12.7. The Hall–Kier alpha value is -5.46. The van der Waals surface area contributed by atoms with Crippen LogP contribution in [0.4, 0.5) is 0 Å². The summed E-state index contributed by atoms with van der Waals surface area (Å²) < 4.78 is 0. The normalized spacial score (nSPS) is 11.7. The molecule has 1 aliphatic rings. The van der Waals surface area contributed by atoms with E-state index in [1.807, 2.05) is 13.8 Å². The second-order valence-corrected chi connectivity index (χ2v) is 11.6. The minimum absolute atomic E-state index is 0.995. The Labute approximate surface area is 265 Å². The van der Waals surface area contributed by atoms with E-state index < -0.39 is 0 Å². The van der Waals surface area contributed by atoms with Crippen LogP contribution < -0.4 is 0 Å². The monoisotopic (exact) mass is 574 g/mol. The van der Waals surface area contributed by atoms with Crippen molar-refractivity contribution in [3.63, 3.8) is 0 Å². The SMILES string of the molecule is CC.c1ccc2c(c1)Cc1c(-c3ccc(-c4c5ccccc5c(-c5ccc6ccccc6c5)c5ccccc45)cc3)cccc1-2. The van der Waals surface area contributed by atoms with Crippen LogP contribution in [0.1, 0.15) is 25.0 Å². The molecule has 8 aromatic rings. The van der Waals surface area contributed by atoms with Crippen molar-refractivity contribution in [1.29, 1.82) is 0 Å². The van der Waals surface area contributed by atoms with E-state index in [1.165, 1.54) is 88.0 Å². The van der Waals surface area contributed by atoms with Crippen LogP contribution in [0.3, 0.4) is 0 Å². The summed E-state index contributed by atoms with van der Waals surface area (Å²) in [6.07, 6.45) is 0.995. The molecule has 0 amide bonds. The van der Waals surface area contributed by atoms with Crippen LogP contribution in [0.25, 0.3) is 76.8 Å². The number of rotatable bonds is 3. The summed E-state index contributed by atoms with van der Waals surface area (Å²) in [7, 11) is 0. The minimum Gasteiger partial charge on any atom is -0.0683 e. The summed E-state index contributed by atoms with van der Waals surface area (Å²) in [4.78, 5) is 0. The average Bonchev–Trinajstić information content (AvgIpc) is 3.50. The molecule has 0 heterocycles. The van der Waals surface area contributed by atoms with Gasteiger partial charge in [-0.25, -0.2) is 0 Å². The molecule has 0 spiro atoms. The van der Waals surface area contributed by atoms with Gasteiger partial charge in [-0.2, -0.15) is 0 Å². The summed E-state index contributed by atoms with van der Waals surface area (Å²) in [5.74, 6) is 0. The van der Waals surface area contributed by atoms with Gasteiger partial charge in [-0.1, -0.05) is 166 Å². The van der Waals surface area contributed by atoms with Gasteiger partial charge in [0.05, 0.1) is 0 Å². The molecule has 0 heteroatoms. The molecular weight excluding hydrogens is 540 g/mol. The zero-order valence-electron chi connectivity index (χ0n) is 25.7. The Morgan fingerprint density at radius 1 is 0.356 bits per heavy atom. The lowest BCUT2D eigenvalue weighted by atomic mass is 9.85. The van der Waals surface area contributed by atoms with Crippen LogP contribution >= 0.6 is 0 Å². The Kier molecular flexibility index (Phi) is 6.77. The second-order valence-electron chi connectivity index (χ2n) is 11.6. The third kappa shape index (κ3) is 4.45. The first kappa shape index (κ1) is 27.1. The van der Waals surface area contributed by atoms with Crippen LogP contribution in [0.15, 0.2) is 158 Å². The highest BCUT2D eigenvalue weighted by Gasteiger charge is 2.21. The fourth-order valence-electron chi connectivity index (χ4n) is 7.34. The first-order chi connectivity index (χ1) is 22.3. The standard InChI is InChI=1S/C43H28.C2H6/c1-2-11-31-26-33(25-20-28(31)10-1)43-39-16-7-5-14-37(39)42(38-15-6-8-17-40(38)43)30-23-21-29(22-24-30)34-18-9-19-36-35-13-4-3-12-32(35)27-41(34)36;1-2/h1-26H,27H2;1-2H3. The molecule has 0 saturated heterocycles. The number of fused-ring (bicyclic) bond motifs is 6. The molecule has 0 nitrogen and oxygen atoms in total. The molecule has 0 atom stereocenters. The highest BCUT2D eigenvalue weighted by molar-refractivity contribution is 6.21. The maximum absolute atomic E-state index is 2.34. The van der Waals surface area contributed by atoms with Crippen LogP contribution in [-0.2, 0) is 6.42 Å². The minimum atomic E-state index is 0.995. The smallest absolute Gasteiger partial charge is 0.000729 e. The Morgan fingerprint density at radius 3 is 1.53 bits per heavy atom. The number of hydrogen-bond donors (Lipinski definition) is 0. The van der Waals surface area contributed by atoms with Gasteiger partial charge >= 0.3 is 0 Å².